The van der Waals surface area contributed by atoms with Crippen LogP contribution in [0.2, 0.25) is 0 Å². The first-order valence-electron chi connectivity index (χ1n) is 17.3. The van der Waals surface area contributed by atoms with Gasteiger partial charge in [0, 0.05) is 48.8 Å². The third-order valence-electron chi connectivity index (χ3n) is 8.60. The van der Waals surface area contributed by atoms with Crippen LogP contribution in [0.3, 0.4) is 0 Å². The van der Waals surface area contributed by atoms with Gasteiger partial charge in [-0.2, -0.15) is 5.26 Å². The minimum absolute atomic E-state index is 0.00950. The van der Waals surface area contributed by atoms with Gasteiger partial charge in [0.05, 0.1) is 44.1 Å². The summed E-state index contributed by atoms with van der Waals surface area (Å²) >= 11 is 0. The number of aliphatic hydroxyl groups is 1. The fourth-order valence-electron chi connectivity index (χ4n) is 6.20. The largest absolute Gasteiger partial charge is 0.496 e. The third-order valence-corrected chi connectivity index (χ3v) is 8.60. The Morgan fingerprint density at radius 2 is 1.82 bits per heavy atom. The number of rotatable bonds is 8. The topological polar surface area (TPSA) is 156 Å². The van der Waals surface area contributed by atoms with Crippen LogP contribution in [0.1, 0.15) is 69.8 Å². The lowest BCUT2D eigenvalue weighted by atomic mass is 10.0. The number of carbonyl (C=O) groups is 2. The average molecular weight is 699 g/mol. The second-order valence-corrected chi connectivity index (χ2v) is 13.2. The van der Waals surface area contributed by atoms with E-state index < -0.39 is 17.7 Å². The van der Waals surface area contributed by atoms with Crippen molar-refractivity contribution in [2.45, 2.75) is 77.7 Å². The molecule has 2 aromatic heterocycles. The number of hydrogen-bond donors (Lipinski definition) is 2. The van der Waals surface area contributed by atoms with E-state index in [1.807, 2.05) is 38.1 Å². The first kappa shape index (κ1) is 37.1. The number of ether oxygens (including phenoxy) is 4. The SMILES string of the molecule is CC.COc1cc(C(=O)NC2CC(CO)N(C(=O)OC(C)(C)C)C2)ccc1-c1cc2nccc(-c3ccc(OC4CCOCC4)c(C#N)c3)c2o1. The number of aliphatic hydroxyl groups excluding tert-OH is 1. The Morgan fingerprint density at radius 3 is 2.51 bits per heavy atom. The van der Waals surface area contributed by atoms with E-state index in [0.717, 1.165) is 24.0 Å². The number of likely N-dealkylation sites (tertiary alicyclic amines) is 1. The summed E-state index contributed by atoms with van der Waals surface area (Å²) in [5.41, 5.74) is 3.43. The minimum atomic E-state index is -0.680. The number of hydrogen-bond acceptors (Lipinski definition) is 10. The van der Waals surface area contributed by atoms with Gasteiger partial charge in [-0.15, -0.1) is 0 Å². The summed E-state index contributed by atoms with van der Waals surface area (Å²) in [5, 5.41) is 22.8. The Morgan fingerprint density at radius 1 is 1.06 bits per heavy atom. The zero-order valence-electron chi connectivity index (χ0n) is 30.0. The number of aromatic nitrogens is 1. The molecule has 270 valence electrons. The number of carbonyl (C=O) groups excluding carboxylic acids is 2. The Balaban J connectivity index is 0.00000248. The summed E-state index contributed by atoms with van der Waals surface area (Å²) in [4.78, 5) is 32.0. The lowest BCUT2D eigenvalue weighted by Gasteiger charge is -2.27. The zero-order chi connectivity index (χ0) is 36.7. The normalized spacial score (nSPS) is 17.6. The van der Waals surface area contributed by atoms with Crippen molar-refractivity contribution in [1.29, 1.82) is 5.26 Å². The monoisotopic (exact) mass is 698 g/mol. The molecule has 2 saturated heterocycles. The Kier molecular flexibility index (Phi) is 11.8. The molecule has 2 fully saturated rings. The van der Waals surface area contributed by atoms with Crippen LogP contribution in [0.15, 0.2) is 59.1 Å². The maximum Gasteiger partial charge on any atom is 0.410 e. The van der Waals surface area contributed by atoms with E-state index in [2.05, 4.69) is 16.4 Å². The van der Waals surface area contributed by atoms with Crippen molar-refractivity contribution in [2.75, 3.05) is 33.5 Å². The number of furan rings is 1. The number of amides is 2. The third kappa shape index (κ3) is 8.61. The zero-order valence-corrected chi connectivity index (χ0v) is 30.0. The first-order chi connectivity index (χ1) is 24.6. The molecule has 12 nitrogen and oxygen atoms in total. The summed E-state index contributed by atoms with van der Waals surface area (Å²) in [5.74, 6) is 1.11. The number of pyridine rings is 1. The summed E-state index contributed by atoms with van der Waals surface area (Å²) in [6.07, 6.45) is 3.13. The van der Waals surface area contributed by atoms with Gasteiger partial charge in [0.1, 0.15) is 40.6 Å². The number of nitrogens with one attached hydrogen (secondary N) is 1. The molecule has 2 aromatic carbocycles. The van der Waals surface area contributed by atoms with Gasteiger partial charge >= 0.3 is 6.09 Å². The highest BCUT2D eigenvalue weighted by atomic mass is 16.6. The second-order valence-electron chi connectivity index (χ2n) is 13.2. The molecule has 4 aromatic rings. The molecule has 0 aliphatic carbocycles. The molecule has 2 aliphatic rings. The van der Waals surface area contributed by atoms with Crippen molar-refractivity contribution >= 4 is 23.1 Å². The average Bonchev–Trinajstić information content (AvgIpc) is 3.76. The minimum Gasteiger partial charge on any atom is -0.496 e. The van der Waals surface area contributed by atoms with Crippen LogP contribution in [0.4, 0.5) is 4.79 Å². The van der Waals surface area contributed by atoms with E-state index in [0.29, 0.717) is 64.7 Å². The van der Waals surface area contributed by atoms with Crippen LogP contribution in [0.25, 0.3) is 33.6 Å². The predicted octanol–water partition coefficient (Wildman–Crippen LogP) is 6.73. The van der Waals surface area contributed by atoms with Gasteiger partial charge in [-0.1, -0.05) is 19.9 Å². The molecule has 6 rings (SSSR count). The van der Waals surface area contributed by atoms with Gasteiger partial charge in [0.15, 0.2) is 5.58 Å². The number of benzene rings is 2. The van der Waals surface area contributed by atoms with Crippen LogP contribution in [0, 0.1) is 11.3 Å². The van der Waals surface area contributed by atoms with Crippen molar-refractivity contribution in [2.24, 2.45) is 0 Å². The van der Waals surface area contributed by atoms with Gasteiger partial charge in [-0.3, -0.25) is 9.78 Å². The molecular weight excluding hydrogens is 652 g/mol. The van der Waals surface area contributed by atoms with Crippen LogP contribution < -0.4 is 14.8 Å². The Bertz CT molecular complexity index is 1890. The molecule has 0 bridgehead atoms. The van der Waals surface area contributed by atoms with E-state index in [1.54, 1.807) is 51.2 Å². The van der Waals surface area contributed by atoms with Gasteiger partial charge < -0.3 is 38.7 Å². The Labute approximate surface area is 298 Å². The quantitative estimate of drug-likeness (QED) is 0.202. The second kappa shape index (κ2) is 16.3. The van der Waals surface area contributed by atoms with Crippen LogP contribution in [-0.4, -0.2) is 84.3 Å². The predicted molar refractivity (Wildman–Crippen MR) is 192 cm³/mol. The van der Waals surface area contributed by atoms with Crippen molar-refractivity contribution in [3.8, 4) is 40.0 Å². The van der Waals surface area contributed by atoms with E-state index >= 15 is 0 Å². The van der Waals surface area contributed by atoms with Crippen LogP contribution in [-0.2, 0) is 9.47 Å². The molecule has 2 atom stereocenters. The van der Waals surface area contributed by atoms with Gasteiger partial charge in [-0.25, -0.2) is 4.79 Å². The summed E-state index contributed by atoms with van der Waals surface area (Å²) in [7, 11) is 1.52. The molecule has 0 spiro atoms. The maximum absolute atomic E-state index is 13.3. The molecule has 2 unspecified atom stereocenters. The Hall–Kier alpha value is -5.12. The van der Waals surface area contributed by atoms with E-state index in [1.165, 1.54) is 12.0 Å². The molecule has 0 saturated carbocycles. The summed E-state index contributed by atoms with van der Waals surface area (Å²) < 4.78 is 29.1. The first-order valence-corrected chi connectivity index (χ1v) is 17.3. The highest BCUT2D eigenvalue weighted by Gasteiger charge is 2.38. The fraction of sp³-hybridized carbons (Fsp3) is 0.436. The van der Waals surface area contributed by atoms with Crippen LogP contribution in [0.5, 0.6) is 11.5 Å². The number of methoxy groups -OCH3 is 1. The highest BCUT2D eigenvalue weighted by molar-refractivity contribution is 5.97. The standard InChI is InChI=1S/C37H40N4O8.C2H6/c1-37(2,3)49-36(44)41-20-25(17-26(41)21-42)40-35(43)23-5-7-29(32(16-23)45-4)33-18-30-34(48-33)28(9-12-39-30)22-6-8-31(24(15-22)19-38)47-27-10-13-46-14-11-27;1-2/h5-9,12,15-16,18,25-27,42H,10-11,13-14,17,20-21H2,1-4H3,(H,40,43);1-2H3. The molecular formula is C39H46N4O8. The molecule has 51 heavy (non-hydrogen) atoms. The van der Waals surface area contributed by atoms with Crippen molar-refractivity contribution < 1.29 is 38.1 Å². The van der Waals surface area contributed by atoms with E-state index in [4.69, 9.17) is 23.4 Å². The summed E-state index contributed by atoms with van der Waals surface area (Å²) in [6.45, 7) is 10.6. The van der Waals surface area contributed by atoms with Crippen molar-refractivity contribution in [3.63, 3.8) is 0 Å². The maximum atomic E-state index is 13.3. The smallest absolute Gasteiger partial charge is 0.410 e. The number of nitrogens with zero attached hydrogens (tertiary/aromatic N) is 3. The highest BCUT2D eigenvalue weighted by Crippen LogP contribution is 2.38. The van der Waals surface area contributed by atoms with E-state index in [-0.39, 0.29) is 31.2 Å². The van der Waals surface area contributed by atoms with Gasteiger partial charge in [0.25, 0.3) is 5.91 Å². The van der Waals surface area contributed by atoms with E-state index in [9.17, 15) is 20.0 Å². The lowest BCUT2D eigenvalue weighted by molar-refractivity contribution is 0.0173. The molecule has 12 heteroatoms. The number of nitriles is 1. The lowest BCUT2D eigenvalue weighted by Crippen LogP contribution is -2.42. The molecule has 2 amide bonds. The molecule has 0 radical (unpaired) electrons. The van der Waals surface area contributed by atoms with Crippen molar-refractivity contribution in [1.82, 2.24) is 15.2 Å². The van der Waals surface area contributed by atoms with Crippen LogP contribution >= 0.6 is 0 Å². The van der Waals surface area contributed by atoms with Gasteiger partial charge in [0.2, 0.25) is 0 Å². The summed E-state index contributed by atoms with van der Waals surface area (Å²) in [6, 6.07) is 15.6. The fourth-order valence-corrected chi connectivity index (χ4v) is 6.20. The molecule has 2 N–H and O–H groups in total. The van der Waals surface area contributed by atoms with Gasteiger partial charge in [-0.05, 0) is 69.2 Å². The van der Waals surface area contributed by atoms with Crippen molar-refractivity contribution in [3.05, 3.63) is 65.9 Å². The number of fused-ring (bicyclic) bond motifs is 1. The molecule has 4 heterocycles. The molecule has 2 aliphatic heterocycles.